The van der Waals surface area contributed by atoms with Crippen molar-refractivity contribution in [3.05, 3.63) is 69.4 Å². The lowest BCUT2D eigenvalue weighted by Gasteiger charge is -2.14. The van der Waals surface area contributed by atoms with Crippen LogP contribution >= 0.6 is 11.6 Å². The van der Waals surface area contributed by atoms with E-state index in [-0.39, 0.29) is 11.6 Å². The van der Waals surface area contributed by atoms with Gasteiger partial charge in [0.15, 0.2) is 5.70 Å². The highest BCUT2D eigenvalue weighted by Crippen LogP contribution is 2.31. The number of ether oxygens (including phenoxy) is 2. The minimum absolute atomic E-state index is 0.224. The minimum atomic E-state index is -0.485. The zero-order chi connectivity index (χ0) is 18.8. The van der Waals surface area contributed by atoms with Crippen molar-refractivity contribution in [2.45, 2.75) is 26.7 Å². The number of methoxy groups -OCH3 is 1. The van der Waals surface area contributed by atoms with Crippen LogP contribution < -0.4 is 4.74 Å². The van der Waals surface area contributed by atoms with Gasteiger partial charge in [-0.05, 0) is 59.9 Å². The Morgan fingerprint density at radius 1 is 1.23 bits per heavy atom. The molecule has 0 atom stereocenters. The average Bonchev–Trinajstić information content (AvgIpc) is 2.97. The molecule has 0 saturated heterocycles. The highest BCUT2D eigenvalue weighted by Gasteiger charge is 2.25. The molecule has 26 heavy (non-hydrogen) atoms. The summed E-state index contributed by atoms with van der Waals surface area (Å²) in [6.07, 6.45) is 1.74. The predicted molar refractivity (Wildman–Crippen MR) is 104 cm³/mol. The van der Waals surface area contributed by atoms with Crippen LogP contribution in [0.5, 0.6) is 5.75 Å². The Labute approximate surface area is 158 Å². The van der Waals surface area contributed by atoms with Gasteiger partial charge in [-0.25, -0.2) is 9.79 Å². The van der Waals surface area contributed by atoms with Crippen LogP contribution in [0.2, 0.25) is 5.02 Å². The van der Waals surface area contributed by atoms with E-state index in [0.717, 1.165) is 22.4 Å². The lowest BCUT2D eigenvalue weighted by Crippen LogP contribution is -2.05. The zero-order valence-electron chi connectivity index (χ0n) is 15.2. The maximum absolute atomic E-state index is 12.3. The summed E-state index contributed by atoms with van der Waals surface area (Å²) in [6.45, 7) is 6.17. The fourth-order valence-electron chi connectivity index (χ4n) is 2.81. The highest BCUT2D eigenvalue weighted by atomic mass is 35.5. The SMILES string of the molecule is COc1cc(C)c(/C=C2\N=C(c3ccccc3Cl)OC2=O)cc1C(C)C. The van der Waals surface area contributed by atoms with E-state index in [2.05, 4.69) is 18.8 Å². The van der Waals surface area contributed by atoms with Crippen LogP contribution in [0.4, 0.5) is 0 Å². The first kappa shape index (κ1) is 18.2. The van der Waals surface area contributed by atoms with Crippen molar-refractivity contribution < 1.29 is 14.3 Å². The molecule has 0 saturated carbocycles. The van der Waals surface area contributed by atoms with E-state index in [9.17, 15) is 4.79 Å². The van der Waals surface area contributed by atoms with Gasteiger partial charge in [-0.15, -0.1) is 0 Å². The van der Waals surface area contributed by atoms with Crippen molar-refractivity contribution in [2.75, 3.05) is 7.11 Å². The van der Waals surface area contributed by atoms with Gasteiger partial charge >= 0.3 is 5.97 Å². The molecule has 0 aliphatic carbocycles. The number of hydrogen-bond donors (Lipinski definition) is 0. The molecular weight excluding hydrogens is 350 g/mol. The molecule has 0 unspecified atom stereocenters. The number of esters is 1. The summed E-state index contributed by atoms with van der Waals surface area (Å²) in [6, 6.07) is 11.1. The number of rotatable bonds is 4. The Kier molecular flexibility index (Phi) is 5.14. The van der Waals surface area contributed by atoms with Crippen molar-refractivity contribution in [1.82, 2.24) is 0 Å². The Bertz CT molecular complexity index is 929. The third-order valence-electron chi connectivity index (χ3n) is 4.26. The summed E-state index contributed by atoms with van der Waals surface area (Å²) in [5, 5.41) is 0.489. The molecule has 0 bridgehead atoms. The fraction of sp³-hybridized carbons (Fsp3) is 0.238. The average molecular weight is 370 g/mol. The number of cyclic esters (lactones) is 1. The summed E-state index contributed by atoms with van der Waals surface area (Å²) in [5.74, 6) is 0.873. The van der Waals surface area contributed by atoms with E-state index in [1.54, 1.807) is 25.3 Å². The molecule has 0 fully saturated rings. The standard InChI is InChI=1S/C21H20ClNO3/c1-12(2)16-10-14(13(3)9-19(16)25-4)11-18-21(24)26-20(23-18)15-7-5-6-8-17(15)22/h5-12H,1-4H3/b18-11-. The largest absolute Gasteiger partial charge is 0.496 e. The second-order valence-corrected chi connectivity index (χ2v) is 6.83. The molecule has 0 spiro atoms. The van der Waals surface area contributed by atoms with Crippen LogP contribution in [-0.4, -0.2) is 19.0 Å². The van der Waals surface area contributed by atoms with E-state index < -0.39 is 5.97 Å². The summed E-state index contributed by atoms with van der Waals surface area (Å²) in [4.78, 5) is 16.6. The highest BCUT2D eigenvalue weighted by molar-refractivity contribution is 6.34. The van der Waals surface area contributed by atoms with Crippen molar-refractivity contribution in [3.63, 3.8) is 0 Å². The Morgan fingerprint density at radius 3 is 2.62 bits per heavy atom. The maximum atomic E-state index is 12.3. The third kappa shape index (κ3) is 3.51. The number of hydrogen-bond acceptors (Lipinski definition) is 4. The molecular formula is C21H20ClNO3. The zero-order valence-corrected chi connectivity index (χ0v) is 15.9. The lowest BCUT2D eigenvalue weighted by atomic mass is 9.96. The molecule has 2 aromatic rings. The van der Waals surface area contributed by atoms with Crippen LogP contribution in [0.1, 0.15) is 42.0 Å². The second-order valence-electron chi connectivity index (χ2n) is 6.42. The molecule has 5 heteroatoms. The Hall–Kier alpha value is -2.59. The number of halogens is 1. The van der Waals surface area contributed by atoms with E-state index in [0.29, 0.717) is 16.5 Å². The molecule has 4 nitrogen and oxygen atoms in total. The van der Waals surface area contributed by atoms with E-state index in [1.807, 2.05) is 31.2 Å². The molecule has 0 aromatic heterocycles. The number of carbonyl (C=O) groups is 1. The monoisotopic (exact) mass is 369 g/mol. The van der Waals surface area contributed by atoms with Crippen molar-refractivity contribution in [2.24, 2.45) is 4.99 Å². The van der Waals surface area contributed by atoms with Gasteiger partial charge in [-0.2, -0.15) is 0 Å². The van der Waals surface area contributed by atoms with Crippen LogP contribution in [0, 0.1) is 6.92 Å². The van der Waals surface area contributed by atoms with E-state index in [1.165, 1.54) is 0 Å². The first-order chi connectivity index (χ1) is 12.4. The van der Waals surface area contributed by atoms with Crippen molar-refractivity contribution in [1.29, 1.82) is 0 Å². The number of aryl methyl sites for hydroxylation is 1. The number of carbonyl (C=O) groups excluding carboxylic acids is 1. The molecule has 3 rings (SSSR count). The van der Waals surface area contributed by atoms with Crippen molar-refractivity contribution in [3.8, 4) is 5.75 Å². The Balaban J connectivity index is 2.04. The summed E-state index contributed by atoms with van der Waals surface area (Å²) in [5.41, 5.74) is 3.83. The summed E-state index contributed by atoms with van der Waals surface area (Å²) in [7, 11) is 1.66. The normalized spacial score (nSPS) is 15.4. The van der Waals surface area contributed by atoms with Gasteiger partial charge in [0.05, 0.1) is 17.7 Å². The fourth-order valence-corrected chi connectivity index (χ4v) is 3.02. The van der Waals surface area contributed by atoms with Crippen molar-refractivity contribution >= 4 is 29.5 Å². The molecule has 1 heterocycles. The maximum Gasteiger partial charge on any atom is 0.363 e. The minimum Gasteiger partial charge on any atom is -0.496 e. The molecule has 1 aliphatic heterocycles. The van der Waals surface area contributed by atoms with Crippen LogP contribution in [0.3, 0.4) is 0 Å². The Morgan fingerprint density at radius 2 is 1.96 bits per heavy atom. The van der Waals surface area contributed by atoms with E-state index >= 15 is 0 Å². The third-order valence-corrected chi connectivity index (χ3v) is 4.59. The van der Waals surface area contributed by atoms with Gasteiger partial charge in [0, 0.05) is 0 Å². The number of nitrogens with zero attached hydrogens (tertiary/aromatic N) is 1. The topological polar surface area (TPSA) is 47.9 Å². The first-order valence-corrected chi connectivity index (χ1v) is 8.74. The second kappa shape index (κ2) is 7.34. The van der Waals surface area contributed by atoms with Crippen LogP contribution in [-0.2, 0) is 9.53 Å². The van der Waals surface area contributed by atoms with Gasteiger partial charge in [0.1, 0.15) is 5.75 Å². The molecule has 134 valence electrons. The summed E-state index contributed by atoms with van der Waals surface area (Å²) < 4.78 is 10.8. The first-order valence-electron chi connectivity index (χ1n) is 8.36. The van der Waals surface area contributed by atoms with E-state index in [4.69, 9.17) is 21.1 Å². The number of aliphatic imine (C=N–C) groups is 1. The van der Waals surface area contributed by atoms with Crippen LogP contribution in [0.15, 0.2) is 47.1 Å². The van der Waals surface area contributed by atoms with Gasteiger partial charge in [0.2, 0.25) is 5.90 Å². The van der Waals surface area contributed by atoms with Crippen LogP contribution in [0.25, 0.3) is 6.08 Å². The smallest absolute Gasteiger partial charge is 0.363 e. The predicted octanol–water partition coefficient (Wildman–Crippen LogP) is 5.12. The molecule has 1 aliphatic rings. The quantitative estimate of drug-likeness (QED) is 0.554. The molecule has 0 radical (unpaired) electrons. The van der Waals surface area contributed by atoms with Gasteiger partial charge in [0.25, 0.3) is 0 Å². The molecule has 2 aromatic carbocycles. The number of benzene rings is 2. The lowest BCUT2D eigenvalue weighted by molar-refractivity contribution is -0.129. The van der Waals surface area contributed by atoms with Gasteiger partial charge < -0.3 is 9.47 Å². The van der Waals surface area contributed by atoms with Gasteiger partial charge in [-0.1, -0.05) is 37.6 Å². The molecule has 0 N–H and O–H groups in total. The van der Waals surface area contributed by atoms with Gasteiger partial charge in [-0.3, -0.25) is 0 Å². The molecule has 0 amide bonds. The summed E-state index contributed by atoms with van der Waals surface area (Å²) >= 11 is 6.17.